The molecule has 1 atom stereocenters. The highest BCUT2D eigenvalue weighted by molar-refractivity contribution is 5.85. The predicted octanol–water partition coefficient (Wildman–Crippen LogP) is 2.11. The molecule has 0 bridgehead atoms. The zero-order valence-electron chi connectivity index (χ0n) is 13.6. The Kier molecular flexibility index (Phi) is 6.62. The van der Waals surface area contributed by atoms with E-state index in [1.807, 2.05) is 31.2 Å². The van der Waals surface area contributed by atoms with Crippen LogP contribution in [0.3, 0.4) is 0 Å². The molecule has 1 heterocycles. The van der Waals surface area contributed by atoms with Crippen LogP contribution < -0.4 is 10.2 Å². The summed E-state index contributed by atoms with van der Waals surface area (Å²) in [6.45, 7) is 4.64. The SMILES string of the molecule is CCC(O)CNC1CCN(c2ccc(/C=C/C(=O)O)cc2)CC1. The van der Waals surface area contributed by atoms with Gasteiger partial charge >= 0.3 is 5.97 Å². The molecular formula is C18H26N2O3. The Morgan fingerprint density at radius 1 is 1.35 bits per heavy atom. The average Bonchev–Trinajstić information content (AvgIpc) is 2.58. The molecule has 1 unspecified atom stereocenters. The lowest BCUT2D eigenvalue weighted by Crippen LogP contribution is -2.44. The molecule has 5 heteroatoms. The van der Waals surface area contributed by atoms with Crippen LogP contribution in [-0.4, -0.2) is 48.0 Å². The van der Waals surface area contributed by atoms with Crippen LogP contribution in [0.4, 0.5) is 5.69 Å². The summed E-state index contributed by atoms with van der Waals surface area (Å²) in [6.07, 6.45) is 5.42. The zero-order valence-corrected chi connectivity index (χ0v) is 13.6. The highest BCUT2D eigenvalue weighted by Crippen LogP contribution is 2.21. The number of hydrogen-bond acceptors (Lipinski definition) is 4. The minimum absolute atomic E-state index is 0.251. The van der Waals surface area contributed by atoms with Crippen molar-refractivity contribution in [3.8, 4) is 0 Å². The number of aliphatic carboxylic acids is 1. The van der Waals surface area contributed by atoms with Crippen molar-refractivity contribution in [2.24, 2.45) is 0 Å². The van der Waals surface area contributed by atoms with E-state index in [0.29, 0.717) is 12.6 Å². The standard InChI is InChI=1S/C18H26N2O3/c1-2-17(21)13-19-15-9-11-20(12-10-15)16-6-3-14(4-7-16)5-8-18(22)23/h3-8,15,17,19,21H,2,9-13H2,1H3,(H,22,23)/b8-5+. The van der Waals surface area contributed by atoms with Crippen LogP contribution in [0, 0.1) is 0 Å². The first-order chi connectivity index (χ1) is 11.1. The van der Waals surface area contributed by atoms with E-state index in [4.69, 9.17) is 5.11 Å². The van der Waals surface area contributed by atoms with Crippen LogP contribution >= 0.6 is 0 Å². The van der Waals surface area contributed by atoms with Gasteiger partial charge in [0.1, 0.15) is 0 Å². The van der Waals surface area contributed by atoms with Crippen LogP contribution in [0.1, 0.15) is 31.7 Å². The fourth-order valence-electron chi connectivity index (χ4n) is 2.75. The van der Waals surface area contributed by atoms with Gasteiger partial charge in [-0.15, -0.1) is 0 Å². The van der Waals surface area contributed by atoms with E-state index in [0.717, 1.165) is 44.0 Å². The molecule has 5 nitrogen and oxygen atoms in total. The fourth-order valence-corrected chi connectivity index (χ4v) is 2.75. The molecule has 1 fully saturated rings. The van der Waals surface area contributed by atoms with Gasteiger partial charge in [-0.05, 0) is 43.0 Å². The van der Waals surface area contributed by atoms with Gasteiger partial charge in [-0.2, -0.15) is 0 Å². The Labute approximate surface area is 137 Å². The van der Waals surface area contributed by atoms with Crippen molar-refractivity contribution in [3.05, 3.63) is 35.9 Å². The van der Waals surface area contributed by atoms with Crippen LogP contribution in [-0.2, 0) is 4.79 Å². The van der Waals surface area contributed by atoms with E-state index in [-0.39, 0.29) is 6.10 Å². The third-order valence-electron chi connectivity index (χ3n) is 4.28. The first-order valence-electron chi connectivity index (χ1n) is 8.26. The minimum Gasteiger partial charge on any atom is -0.478 e. The number of carbonyl (C=O) groups is 1. The predicted molar refractivity (Wildman–Crippen MR) is 92.6 cm³/mol. The first kappa shape index (κ1) is 17.5. The second-order valence-electron chi connectivity index (χ2n) is 5.99. The van der Waals surface area contributed by atoms with Crippen LogP contribution in [0.5, 0.6) is 0 Å². The molecule has 0 spiro atoms. The van der Waals surface area contributed by atoms with Crippen LogP contribution in [0.25, 0.3) is 6.08 Å². The molecule has 1 aromatic carbocycles. The summed E-state index contributed by atoms with van der Waals surface area (Å²) in [5.74, 6) is -0.933. The van der Waals surface area contributed by atoms with Crippen molar-refractivity contribution in [2.75, 3.05) is 24.5 Å². The largest absolute Gasteiger partial charge is 0.478 e. The van der Waals surface area contributed by atoms with Gasteiger partial charge in [-0.1, -0.05) is 19.1 Å². The van der Waals surface area contributed by atoms with Gasteiger partial charge in [-0.25, -0.2) is 4.79 Å². The Morgan fingerprint density at radius 3 is 2.57 bits per heavy atom. The van der Waals surface area contributed by atoms with Crippen LogP contribution in [0.15, 0.2) is 30.3 Å². The molecule has 2 rings (SSSR count). The molecule has 3 N–H and O–H groups in total. The molecule has 0 radical (unpaired) electrons. The average molecular weight is 318 g/mol. The Bertz CT molecular complexity index is 520. The monoisotopic (exact) mass is 318 g/mol. The number of carboxylic acids is 1. The molecular weight excluding hydrogens is 292 g/mol. The lowest BCUT2D eigenvalue weighted by Gasteiger charge is -2.34. The topological polar surface area (TPSA) is 72.8 Å². The van der Waals surface area contributed by atoms with Gasteiger partial charge in [0.05, 0.1) is 6.10 Å². The van der Waals surface area contributed by atoms with Crippen molar-refractivity contribution in [1.82, 2.24) is 5.32 Å². The fraction of sp³-hybridized carbons (Fsp3) is 0.500. The lowest BCUT2D eigenvalue weighted by molar-refractivity contribution is -0.131. The van der Waals surface area contributed by atoms with Gasteiger partial charge in [0.2, 0.25) is 0 Å². The third-order valence-corrected chi connectivity index (χ3v) is 4.28. The zero-order chi connectivity index (χ0) is 16.7. The van der Waals surface area contributed by atoms with Crippen molar-refractivity contribution >= 4 is 17.7 Å². The second-order valence-corrected chi connectivity index (χ2v) is 5.99. The van der Waals surface area contributed by atoms with Crippen molar-refractivity contribution < 1.29 is 15.0 Å². The van der Waals surface area contributed by atoms with Gasteiger partial charge in [0, 0.05) is 37.4 Å². The Balaban J connectivity index is 1.82. The minimum atomic E-state index is -0.933. The van der Waals surface area contributed by atoms with Crippen molar-refractivity contribution in [1.29, 1.82) is 0 Å². The maximum Gasteiger partial charge on any atom is 0.328 e. The molecule has 1 aromatic rings. The molecule has 1 aliphatic rings. The molecule has 1 saturated heterocycles. The maximum atomic E-state index is 10.5. The number of aliphatic hydroxyl groups excluding tert-OH is 1. The van der Waals surface area contributed by atoms with Gasteiger partial charge < -0.3 is 20.4 Å². The molecule has 126 valence electrons. The second kappa shape index (κ2) is 8.70. The summed E-state index contributed by atoms with van der Waals surface area (Å²) in [6, 6.07) is 8.44. The summed E-state index contributed by atoms with van der Waals surface area (Å²) in [5, 5.41) is 21.7. The lowest BCUT2D eigenvalue weighted by atomic mass is 10.0. The number of benzene rings is 1. The highest BCUT2D eigenvalue weighted by atomic mass is 16.4. The van der Waals surface area contributed by atoms with E-state index >= 15 is 0 Å². The van der Waals surface area contributed by atoms with E-state index < -0.39 is 5.97 Å². The maximum absolute atomic E-state index is 10.5. The van der Waals surface area contributed by atoms with Gasteiger partial charge in [0.15, 0.2) is 0 Å². The van der Waals surface area contributed by atoms with E-state index in [2.05, 4.69) is 10.2 Å². The summed E-state index contributed by atoms with van der Waals surface area (Å²) < 4.78 is 0. The summed E-state index contributed by atoms with van der Waals surface area (Å²) in [7, 11) is 0. The number of anilines is 1. The van der Waals surface area contributed by atoms with Crippen LogP contribution in [0.2, 0.25) is 0 Å². The number of hydrogen-bond donors (Lipinski definition) is 3. The number of carboxylic acid groups (broad SMARTS) is 1. The van der Waals surface area contributed by atoms with Crippen molar-refractivity contribution in [2.45, 2.75) is 38.3 Å². The molecule has 0 aliphatic carbocycles. The molecule has 0 saturated carbocycles. The third kappa shape index (κ3) is 5.69. The van der Waals surface area contributed by atoms with Gasteiger partial charge in [0.25, 0.3) is 0 Å². The number of nitrogens with zero attached hydrogens (tertiary/aromatic N) is 1. The molecule has 0 aromatic heterocycles. The highest BCUT2D eigenvalue weighted by Gasteiger charge is 2.19. The summed E-state index contributed by atoms with van der Waals surface area (Å²) in [4.78, 5) is 12.9. The van der Waals surface area contributed by atoms with E-state index in [9.17, 15) is 9.90 Å². The van der Waals surface area contributed by atoms with E-state index in [1.165, 1.54) is 5.69 Å². The van der Waals surface area contributed by atoms with Gasteiger partial charge in [-0.3, -0.25) is 0 Å². The normalized spacial score (nSPS) is 17.6. The summed E-state index contributed by atoms with van der Waals surface area (Å²) in [5.41, 5.74) is 2.06. The number of piperidine rings is 1. The quantitative estimate of drug-likeness (QED) is 0.672. The van der Waals surface area contributed by atoms with E-state index in [1.54, 1.807) is 6.08 Å². The number of nitrogens with one attached hydrogen (secondary N) is 1. The Morgan fingerprint density at radius 2 is 2.00 bits per heavy atom. The Hall–Kier alpha value is -1.85. The first-order valence-corrected chi connectivity index (χ1v) is 8.26. The molecule has 23 heavy (non-hydrogen) atoms. The number of rotatable bonds is 7. The molecule has 0 amide bonds. The molecule has 1 aliphatic heterocycles. The number of aliphatic hydroxyl groups is 1. The summed E-state index contributed by atoms with van der Waals surface area (Å²) >= 11 is 0. The van der Waals surface area contributed by atoms with Crippen molar-refractivity contribution in [3.63, 3.8) is 0 Å². The smallest absolute Gasteiger partial charge is 0.328 e.